The van der Waals surface area contributed by atoms with E-state index in [4.69, 9.17) is 0 Å². The number of aromatic amines is 1. The molecular weight excluding hydrogens is 438 g/mol. The van der Waals surface area contributed by atoms with Crippen molar-refractivity contribution >= 4 is 5.78 Å². The maximum absolute atomic E-state index is 13.0. The fourth-order valence-electron chi connectivity index (χ4n) is 4.63. The zero-order valence-corrected chi connectivity index (χ0v) is 19.7. The molecule has 0 aliphatic heterocycles. The minimum atomic E-state index is 0.0450. The molecule has 176 valence electrons. The largest absolute Gasteiger partial charge is 0.290 e. The van der Waals surface area contributed by atoms with E-state index in [1.807, 2.05) is 22.9 Å². The summed E-state index contributed by atoms with van der Waals surface area (Å²) in [6.07, 6.45) is 5.76. The van der Waals surface area contributed by atoms with Gasteiger partial charge in [0.2, 0.25) is 11.6 Å². The Hall–Kier alpha value is -4.12. The summed E-state index contributed by atoms with van der Waals surface area (Å²) in [7, 11) is 0. The Balaban J connectivity index is 1.39. The molecule has 1 N–H and O–H groups in total. The molecular formula is C27H27N7O. The summed E-state index contributed by atoms with van der Waals surface area (Å²) in [5.41, 5.74) is 4.11. The molecule has 35 heavy (non-hydrogen) atoms. The number of hydrogen-bond acceptors (Lipinski definition) is 6. The van der Waals surface area contributed by atoms with E-state index in [2.05, 4.69) is 72.9 Å². The van der Waals surface area contributed by atoms with Gasteiger partial charge in [-0.15, -0.1) is 16.1 Å². The number of nitrogens with one attached hydrogen (secondary N) is 1. The van der Waals surface area contributed by atoms with E-state index in [1.54, 1.807) is 6.92 Å². The standard InChI is InChI=1S/C27H27N7O/c1-2-3-13-24-28-27(25(35)21-9-5-4-6-10-21)31-34(24)18-19-14-16-20(17-15-19)22-11-7-8-12-23(22)26-29-32-33-30-26/h7-8,11-12,14-17,21H,4-6,9-10,13,18H2,1H3,(H,29,30,32,33). The van der Waals surface area contributed by atoms with Crippen molar-refractivity contribution in [1.82, 2.24) is 35.4 Å². The summed E-state index contributed by atoms with van der Waals surface area (Å²) in [5, 5.41) is 18.9. The second kappa shape index (κ2) is 10.4. The van der Waals surface area contributed by atoms with Gasteiger partial charge in [-0.2, -0.15) is 0 Å². The van der Waals surface area contributed by atoms with Crippen molar-refractivity contribution < 1.29 is 4.79 Å². The highest BCUT2D eigenvalue weighted by molar-refractivity contribution is 5.94. The third kappa shape index (κ3) is 5.04. The van der Waals surface area contributed by atoms with Crippen molar-refractivity contribution in [2.75, 3.05) is 0 Å². The number of carbonyl (C=O) groups excluding carboxylic acids is 1. The van der Waals surface area contributed by atoms with E-state index < -0.39 is 0 Å². The lowest BCUT2D eigenvalue weighted by Gasteiger charge is -2.18. The van der Waals surface area contributed by atoms with Crippen LogP contribution < -0.4 is 0 Å². The molecule has 0 spiro atoms. The van der Waals surface area contributed by atoms with Gasteiger partial charge in [-0.05, 0) is 46.9 Å². The highest BCUT2D eigenvalue weighted by Gasteiger charge is 2.26. The Bertz CT molecular complexity index is 1350. The van der Waals surface area contributed by atoms with Crippen LogP contribution in [0.1, 0.15) is 61.0 Å². The number of aromatic nitrogens is 7. The van der Waals surface area contributed by atoms with Crippen LogP contribution in [-0.2, 0) is 13.0 Å². The number of nitrogens with zero attached hydrogens (tertiary/aromatic N) is 6. The van der Waals surface area contributed by atoms with Crippen LogP contribution in [0.5, 0.6) is 0 Å². The summed E-state index contributed by atoms with van der Waals surface area (Å²) in [4.78, 5) is 17.6. The maximum Gasteiger partial charge on any atom is 0.217 e. The molecule has 1 aliphatic rings. The molecule has 1 aliphatic carbocycles. The number of tetrazole rings is 1. The van der Waals surface area contributed by atoms with Gasteiger partial charge in [0.05, 0.1) is 13.0 Å². The topological polar surface area (TPSA) is 102 Å². The maximum atomic E-state index is 13.0. The van der Waals surface area contributed by atoms with Crippen molar-refractivity contribution in [1.29, 1.82) is 0 Å². The quantitative estimate of drug-likeness (QED) is 0.318. The number of Topliss-reactive ketones (excluding diaryl/α,β-unsaturated/α-hetero) is 1. The molecule has 0 unspecified atom stereocenters. The Morgan fingerprint density at radius 1 is 1.06 bits per heavy atom. The van der Waals surface area contributed by atoms with Crippen LogP contribution in [0.3, 0.4) is 0 Å². The number of carbonyl (C=O) groups is 1. The third-order valence-electron chi connectivity index (χ3n) is 6.49. The first-order valence-corrected chi connectivity index (χ1v) is 12.0. The van der Waals surface area contributed by atoms with E-state index in [0.717, 1.165) is 53.8 Å². The molecule has 0 saturated heterocycles. The third-order valence-corrected chi connectivity index (χ3v) is 6.49. The molecule has 5 rings (SSSR count). The van der Waals surface area contributed by atoms with Gasteiger partial charge < -0.3 is 0 Å². The van der Waals surface area contributed by atoms with Gasteiger partial charge >= 0.3 is 0 Å². The molecule has 4 aromatic rings. The van der Waals surface area contributed by atoms with Crippen molar-refractivity contribution in [3.63, 3.8) is 0 Å². The fourth-order valence-corrected chi connectivity index (χ4v) is 4.63. The van der Waals surface area contributed by atoms with Crippen LogP contribution in [-0.4, -0.2) is 41.2 Å². The molecule has 8 nitrogen and oxygen atoms in total. The second-order valence-corrected chi connectivity index (χ2v) is 8.80. The Morgan fingerprint density at radius 2 is 1.83 bits per heavy atom. The molecule has 8 heteroatoms. The zero-order chi connectivity index (χ0) is 24.0. The number of hydrogen-bond donors (Lipinski definition) is 1. The van der Waals surface area contributed by atoms with Gasteiger partial charge in [-0.1, -0.05) is 73.7 Å². The minimum absolute atomic E-state index is 0.0450. The second-order valence-electron chi connectivity index (χ2n) is 8.80. The molecule has 2 aromatic carbocycles. The van der Waals surface area contributed by atoms with E-state index in [0.29, 0.717) is 24.6 Å². The fraction of sp³-hybridized carbons (Fsp3) is 0.333. The summed E-state index contributed by atoms with van der Waals surface area (Å²) < 4.78 is 1.82. The van der Waals surface area contributed by atoms with Gasteiger partial charge in [0, 0.05) is 11.5 Å². The molecule has 0 atom stereocenters. The monoisotopic (exact) mass is 465 g/mol. The van der Waals surface area contributed by atoms with Gasteiger partial charge in [-0.25, -0.2) is 14.8 Å². The summed E-state index contributed by atoms with van der Waals surface area (Å²) in [6.45, 7) is 2.33. The Labute approximate surface area is 204 Å². The van der Waals surface area contributed by atoms with Gasteiger partial charge in [-0.3, -0.25) is 4.79 Å². The molecule has 0 radical (unpaired) electrons. The first kappa shape index (κ1) is 22.7. The smallest absolute Gasteiger partial charge is 0.217 e. The van der Waals surface area contributed by atoms with Gasteiger partial charge in [0.1, 0.15) is 5.82 Å². The predicted molar refractivity (Wildman–Crippen MR) is 132 cm³/mol. The lowest BCUT2D eigenvalue weighted by atomic mass is 9.86. The summed E-state index contributed by atoms with van der Waals surface area (Å²) in [5.74, 6) is 7.79. The van der Waals surface area contributed by atoms with Crippen LogP contribution in [0.2, 0.25) is 0 Å². The summed E-state index contributed by atoms with van der Waals surface area (Å²) >= 11 is 0. The Kier molecular flexibility index (Phi) is 6.75. The highest BCUT2D eigenvalue weighted by atomic mass is 16.1. The van der Waals surface area contributed by atoms with Crippen LogP contribution in [0.15, 0.2) is 48.5 Å². The zero-order valence-electron chi connectivity index (χ0n) is 19.7. The van der Waals surface area contributed by atoms with Gasteiger partial charge in [0.15, 0.2) is 5.82 Å². The molecule has 1 saturated carbocycles. The highest BCUT2D eigenvalue weighted by Crippen LogP contribution is 2.30. The van der Waals surface area contributed by atoms with Crippen molar-refractivity contribution in [2.24, 2.45) is 5.92 Å². The average Bonchev–Trinajstić information content (AvgIpc) is 3.59. The normalized spacial score (nSPS) is 13.9. The number of benzene rings is 2. The average molecular weight is 466 g/mol. The van der Waals surface area contributed by atoms with Crippen molar-refractivity contribution in [3.05, 3.63) is 65.7 Å². The molecule has 2 aromatic heterocycles. The van der Waals surface area contributed by atoms with Crippen LogP contribution in [0, 0.1) is 17.8 Å². The molecule has 0 bridgehead atoms. The van der Waals surface area contributed by atoms with E-state index in [-0.39, 0.29) is 11.7 Å². The molecule has 0 amide bonds. The lowest BCUT2D eigenvalue weighted by molar-refractivity contribution is 0.0878. The van der Waals surface area contributed by atoms with Crippen molar-refractivity contribution in [2.45, 2.75) is 52.0 Å². The summed E-state index contributed by atoms with van der Waals surface area (Å²) in [6, 6.07) is 16.3. The van der Waals surface area contributed by atoms with E-state index >= 15 is 0 Å². The van der Waals surface area contributed by atoms with Crippen LogP contribution in [0.25, 0.3) is 22.5 Å². The lowest BCUT2D eigenvalue weighted by Crippen LogP contribution is -2.19. The number of rotatable bonds is 7. The first-order chi connectivity index (χ1) is 17.2. The van der Waals surface area contributed by atoms with E-state index in [9.17, 15) is 4.79 Å². The number of ketones is 1. The molecule has 1 fully saturated rings. The Morgan fingerprint density at radius 3 is 2.54 bits per heavy atom. The van der Waals surface area contributed by atoms with E-state index in [1.165, 1.54) is 6.42 Å². The molecule has 2 heterocycles. The predicted octanol–water partition coefficient (Wildman–Crippen LogP) is 4.50. The van der Waals surface area contributed by atoms with Crippen LogP contribution >= 0.6 is 0 Å². The minimum Gasteiger partial charge on any atom is -0.290 e. The van der Waals surface area contributed by atoms with Crippen LogP contribution in [0.4, 0.5) is 0 Å². The SMILES string of the molecule is CC#CCc1nc(C(=O)C2CCCCC2)nn1Cc1ccc(-c2ccccc2-c2nnn[nH]2)cc1. The number of H-pyrrole nitrogens is 1. The van der Waals surface area contributed by atoms with Gasteiger partial charge in [0.25, 0.3) is 0 Å². The first-order valence-electron chi connectivity index (χ1n) is 12.0. The van der Waals surface area contributed by atoms with Crippen molar-refractivity contribution in [3.8, 4) is 34.4 Å².